The smallest absolute Gasteiger partial charge is 0.305 e. The highest BCUT2D eigenvalue weighted by Gasteiger charge is 2.45. The number of nitrogens with one attached hydrogen (secondary N) is 1. The monoisotopic (exact) mass is 349 g/mol. The minimum absolute atomic E-state index is 0.264. The van der Waals surface area contributed by atoms with Crippen molar-refractivity contribution in [3.05, 3.63) is 0 Å². The third-order valence-corrected chi connectivity index (χ3v) is 3.79. The molecular formula is C15H27NO8. The fraction of sp³-hybridized carbons (Fsp3) is 0.867. The summed E-state index contributed by atoms with van der Waals surface area (Å²) in [5, 5.41) is 31.7. The van der Waals surface area contributed by atoms with E-state index in [-0.39, 0.29) is 12.6 Å². The van der Waals surface area contributed by atoms with Crippen LogP contribution >= 0.6 is 0 Å². The number of methoxy groups -OCH3 is 1. The van der Waals surface area contributed by atoms with Crippen molar-refractivity contribution >= 4 is 11.9 Å². The molecule has 1 amide bonds. The molecule has 1 aliphatic heterocycles. The third kappa shape index (κ3) is 6.33. The van der Waals surface area contributed by atoms with Crippen molar-refractivity contribution in [2.75, 3.05) is 20.3 Å². The first-order chi connectivity index (χ1) is 11.4. The van der Waals surface area contributed by atoms with E-state index in [9.17, 15) is 24.9 Å². The zero-order valence-electron chi connectivity index (χ0n) is 14.0. The van der Waals surface area contributed by atoms with Crippen LogP contribution in [-0.4, -0.2) is 78.2 Å². The van der Waals surface area contributed by atoms with Crippen molar-refractivity contribution in [2.24, 2.45) is 0 Å². The van der Waals surface area contributed by atoms with Crippen LogP contribution in [0.3, 0.4) is 0 Å². The number of esters is 1. The van der Waals surface area contributed by atoms with E-state index in [0.29, 0.717) is 19.3 Å². The fourth-order valence-corrected chi connectivity index (χ4v) is 2.46. The second kappa shape index (κ2) is 10.6. The third-order valence-electron chi connectivity index (χ3n) is 3.79. The molecule has 0 aromatic carbocycles. The Kier molecular flexibility index (Phi) is 9.16. The number of ether oxygens (including phenoxy) is 3. The van der Waals surface area contributed by atoms with E-state index < -0.39 is 43.2 Å². The van der Waals surface area contributed by atoms with Gasteiger partial charge in [-0.3, -0.25) is 9.59 Å². The highest BCUT2D eigenvalue weighted by molar-refractivity contribution is 5.73. The van der Waals surface area contributed by atoms with Crippen LogP contribution in [0.2, 0.25) is 0 Å². The molecule has 140 valence electrons. The molecule has 0 spiro atoms. The van der Waals surface area contributed by atoms with E-state index in [1.165, 1.54) is 14.0 Å². The summed E-state index contributed by atoms with van der Waals surface area (Å²) in [7, 11) is 1.34. The van der Waals surface area contributed by atoms with Crippen LogP contribution in [0.1, 0.15) is 32.6 Å². The average Bonchev–Trinajstić information content (AvgIpc) is 2.56. The highest BCUT2D eigenvalue weighted by Crippen LogP contribution is 2.22. The molecule has 5 atom stereocenters. The minimum Gasteiger partial charge on any atom is -0.469 e. The Morgan fingerprint density at radius 2 is 1.88 bits per heavy atom. The Morgan fingerprint density at radius 3 is 2.46 bits per heavy atom. The van der Waals surface area contributed by atoms with E-state index in [1.807, 2.05) is 0 Å². The summed E-state index contributed by atoms with van der Waals surface area (Å²) < 4.78 is 15.5. The van der Waals surface area contributed by atoms with Gasteiger partial charge in [0.15, 0.2) is 6.29 Å². The quantitative estimate of drug-likeness (QED) is 0.297. The number of unbranched alkanes of at least 4 members (excludes halogenated alkanes) is 2. The molecular weight excluding hydrogens is 322 g/mol. The molecule has 0 aromatic rings. The molecule has 1 saturated heterocycles. The maximum atomic E-state index is 11.3. The second-order valence-electron chi connectivity index (χ2n) is 5.69. The van der Waals surface area contributed by atoms with E-state index in [4.69, 9.17) is 9.47 Å². The summed E-state index contributed by atoms with van der Waals surface area (Å²) in [5.41, 5.74) is 0. The van der Waals surface area contributed by atoms with E-state index in [1.54, 1.807) is 0 Å². The maximum Gasteiger partial charge on any atom is 0.305 e. The van der Waals surface area contributed by atoms with Crippen molar-refractivity contribution in [3.8, 4) is 0 Å². The van der Waals surface area contributed by atoms with Crippen LogP contribution in [0.15, 0.2) is 0 Å². The predicted octanol–water partition coefficient (Wildman–Crippen LogP) is -1.32. The number of hydrogen-bond acceptors (Lipinski definition) is 8. The van der Waals surface area contributed by atoms with Crippen molar-refractivity contribution in [2.45, 2.75) is 63.3 Å². The van der Waals surface area contributed by atoms with Gasteiger partial charge in [0.2, 0.25) is 5.91 Å². The van der Waals surface area contributed by atoms with Gasteiger partial charge in [0.05, 0.1) is 13.7 Å². The van der Waals surface area contributed by atoms with Crippen molar-refractivity contribution in [1.82, 2.24) is 5.32 Å². The van der Waals surface area contributed by atoms with Gasteiger partial charge in [-0.05, 0) is 12.8 Å². The highest BCUT2D eigenvalue weighted by atomic mass is 16.7. The van der Waals surface area contributed by atoms with Gasteiger partial charge in [-0.1, -0.05) is 6.42 Å². The number of carbonyl (C=O) groups is 2. The molecule has 0 bridgehead atoms. The molecule has 24 heavy (non-hydrogen) atoms. The Hall–Kier alpha value is -1.26. The lowest BCUT2D eigenvalue weighted by molar-refractivity contribution is -0.270. The molecule has 0 aliphatic carbocycles. The molecule has 0 unspecified atom stereocenters. The number of aliphatic hydroxyl groups is 3. The molecule has 0 saturated carbocycles. The number of amides is 1. The van der Waals surface area contributed by atoms with Crippen LogP contribution in [0.5, 0.6) is 0 Å². The maximum absolute atomic E-state index is 11.3. The average molecular weight is 349 g/mol. The molecule has 1 fully saturated rings. The first-order valence-electron chi connectivity index (χ1n) is 7.98. The zero-order valence-corrected chi connectivity index (χ0v) is 14.0. The van der Waals surface area contributed by atoms with Crippen LogP contribution in [0.4, 0.5) is 0 Å². The number of carbonyl (C=O) groups excluding carboxylic acids is 2. The van der Waals surface area contributed by atoms with Crippen LogP contribution in [0, 0.1) is 0 Å². The normalized spacial score (nSPS) is 30.0. The van der Waals surface area contributed by atoms with Crippen molar-refractivity contribution in [1.29, 1.82) is 0 Å². The number of rotatable bonds is 9. The lowest BCUT2D eigenvalue weighted by Crippen LogP contribution is -2.64. The number of aliphatic hydroxyl groups excluding tert-OH is 3. The predicted molar refractivity (Wildman–Crippen MR) is 81.8 cm³/mol. The first-order valence-corrected chi connectivity index (χ1v) is 7.98. The Labute approximate surface area is 140 Å². The Bertz CT molecular complexity index is 405. The van der Waals surface area contributed by atoms with Crippen LogP contribution in [-0.2, 0) is 23.8 Å². The van der Waals surface area contributed by atoms with Gasteiger partial charge in [0.1, 0.15) is 24.4 Å². The van der Waals surface area contributed by atoms with Crippen molar-refractivity contribution < 1.29 is 39.1 Å². The molecule has 9 heteroatoms. The van der Waals surface area contributed by atoms with Gasteiger partial charge < -0.3 is 34.8 Å². The molecule has 0 aromatic heterocycles. The fourth-order valence-electron chi connectivity index (χ4n) is 2.46. The number of hydrogen-bond donors (Lipinski definition) is 4. The summed E-state index contributed by atoms with van der Waals surface area (Å²) in [6.45, 7) is 1.08. The molecule has 1 rings (SSSR count). The topological polar surface area (TPSA) is 135 Å². The van der Waals surface area contributed by atoms with Gasteiger partial charge in [-0.25, -0.2) is 0 Å². The van der Waals surface area contributed by atoms with Crippen LogP contribution < -0.4 is 5.32 Å². The Balaban J connectivity index is 2.45. The summed E-state index contributed by atoms with van der Waals surface area (Å²) in [6.07, 6.45) is -2.23. The summed E-state index contributed by atoms with van der Waals surface area (Å²) >= 11 is 0. The molecule has 0 radical (unpaired) electrons. The lowest BCUT2D eigenvalue weighted by atomic mass is 9.97. The van der Waals surface area contributed by atoms with Gasteiger partial charge in [0, 0.05) is 20.0 Å². The van der Waals surface area contributed by atoms with E-state index in [0.717, 1.165) is 6.42 Å². The lowest BCUT2D eigenvalue weighted by Gasteiger charge is -2.42. The Morgan fingerprint density at radius 1 is 1.17 bits per heavy atom. The van der Waals surface area contributed by atoms with Crippen molar-refractivity contribution in [3.63, 3.8) is 0 Å². The standard InChI is InChI=1S/C15H27NO8/c1-9(18)16-12-14(21)13(20)10(8-17)24-15(12)23-7-5-3-4-6-11(19)22-2/h10,12-15,17,20-21H,3-8H2,1-2H3,(H,16,18)/t10-,12-,13+,14-,15-/m1/s1. The summed E-state index contributed by atoms with van der Waals surface area (Å²) in [5.74, 6) is -0.663. The zero-order chi connectivity index (χ0) is 18.1. The second-order valence-corrected chi connectivity index (χ2v) is 5.69. The summed E-state index contributed by atoms with van der Waals surface area (Å²) in [4.78, 5) is 22.2. The SMILES string of the molecule is COC(=O)CCCCCO[C@@H]1O[C@H](CO)[C@H](O)[C@H](O)[C@H]1NC(C)=O. The van der Waals surface area contributed by atoms with Gasteiger partial charge in [-0.2, -0.15) is 0 Å². The minimum atomic E-state index is -1.33. The van der Waals surface area contributed by atoms with Crippen LogP contribution in [0.25, 0.3) is 0 Å². The molecule has 9 nitrogen and oxygen atoms in total. The van der Waals surface area contributed by atoms with Gasteiger partial charge in [0.25, 0.3) is 0 Å². The van der Waals surface area contributed by atoms with Gasteiger partial charge in [-0.15, -0.1) is 0 Å². The largest absolute Gasteiger partial charge is 0.469 e. The molecule has 1 heterocycles. The molecule has 4 N–H and O–H groups in total. The first kappa shape index (κ1) is 20.8. The summed E-state index contributed by atoms with van der Waals surface area (Å²) in [6, 6.07) is -0.935. The van der Waals surface area contributed by atoms with E-state index in [2.05, 4.69) is 10.1 Å². The van der Waals surface area contributed by atoms with Gasteiger partial charge >= 0.3 is 5.97 Å². The molecule has 1 aliphatic rings. The van der Waals surface area contributed by atoms with E-state index >= 15 is 0 Å².